The fourth-order valence-corrected chi connectivity index (χ4v) is 2.23. The van der Waals surface area contributed by atoms with E-state index in [0.717, 1.165) is 25.7 Å². The number of aliphatic hydroxyl groups excluding tert-OH is 1. The van der Waals surface area contributed by atoms with Gasteiger partial charge in [0.1, 0.15) is 11.6 Å². The van der Waals surface area contributed by atoms with Crippen molar-refractivity contribution in [2.75, 3.05) is 23.8 Å². The molecule has 1 fully saturated rings. The van der Waals surface area contributed by atoms with E-state index in [0.29, 0.717) is 18.2 Å². The summed E-state index contributed by atoms with van der Waals surface area (Å²) >= 11 is 0. The third-order valence-electron chi connectivity index (χ3n) is 3.58. The van der Waals surface area contributed by atoms with E-state index in [1.54, 1.807) is 0 Å². The number of hydrogen-bond donors (Lipinski definition) is 3. The minimum absolute atomic E-state index is 0.00600. The topological polar surface area (TPSA) is 100 Å². The van der Waals surface area contributed by atoms with Crippen molar-refractivity contribution >= 4 is 17.3 Å². The van der Waals surface area contributed by atoms with Crippen molar-refractivity contribution in [2.45, 2.75) is 38.1 Å². The summed E-state index contributed by atoms with van der Waals surface area (Å²) in [7, 11) is 0. The van der Waals surface area contributed by atoms with Gasteiger partial charge in [-0.1, -0.05) is 6.92 Å². The number of nitro groups is 1. The normalized spacial score (nSPS) is 16.3. The zero-order valence-electron chi connectivity index (χ0n) is 11.6. The monoisotopic (exact) mass is 280 g/mol. The summed E-state index contributed by atoms with van der Waals surface area (Å²) in [6.45, 7) is 2.73. The summed E-state index contributed by atoms with van der Waals surface area (Å²) in [6, 6.07) is 2.83. The molecule has 1 aromatic rings. The van der Waals surface area contributed by atoms with E-state index in [2.05, 4.69) is 15.6 Å². The van der Waals surface area contributed by atoms with Crippen LogP contribution in [0.3, 0.4) is 0 Å². The van der Waals surface area contributed by atoms with Crippen LogP contribution in [0.1, 0.15) is 32.6 Å². The van der Waals surface area contributed by atoms with Crippen LogP contribution in [0.15, 0.2) is 12.1 Å². The molecule has 20 heavy (non-hydrogen) atoms. The maximum atomic E-state index is 11.0. The average molecular weight is 280 g/mol. The van der Waals surface area contributed by atoms with Crippen LogP contribution >= 0.6 is 0 Å². The smallest absolute Gasteiger partial charge is 0.276 e. The van der Waals surface area contributed by atoms with E-state index >= 15 is 0 Å². The van der Waals surface area contributed by atoms with Crippen LogP contribution in [-0.2, 0) is 0 Å². The lowest BCUT2D eigenvalue weighted by Crippen LogP contribution is -2.48. The molecule has 110 valence electrons. The third kappa shape index (κ3) is 3.16. The Morgan fingerprint density at radius 2 is 2.15 bits per heavy atom. The zero-order valence-corrected chi connectivity index (χ0v) is 11.6. The Labute approximate surface area is 117 Å². The number of nitrogens with zero attached hydrogens (tertiary/aromatic N) is 2. The maximum absolute atomic E-state index is 11.0. The van der Waals surface area contributed by atoms with E-state index in [-0.39, 0.29) is 17.8 Å². The fraction of sp³-hybridized carbons (Fsp3) is 0.615. The lowest BCUT2D eigenvalue weighted by molar-refractivity contribution is -0.384. The molecule has 3 N–H and O–H groups in total. The second-order valence-electron chi connectivity index (χ2n) is 5.20. The van der Waals surface area contributed by atoms with Crippen molar-refractivity contribution in [1.29, 1.82) is 0 Å². The molecular weight excluding hydrogens is 260 g/mol. The van der Waals surface area contributed by atoms with Crippen molar-refractivity contribution in [1.82, 2.24) is 4.98 Å². The Kier molecular flexibility index (Phi) is 4.39. The third-order valence-corrected chi connectivity index (χ3v) is 3.58. The second kappa shape index (κ2) is 6.04. The highest BCUT2D eigenvalue weighted by molar-refractivity contribution is 5.55. The van der Waals surface area contributed by atoms with Gasteiger partial charge in [0.05, 0.1) is 29.2 Å². The summed E-state index contributed by atoms with van der Waals surface area (Å²) in [6.07, 6.45) is 3.66. The molecule has 0 unspecified atom stereocenters. The predicted molar refractivity (Wildman–Crippen MR) is 77.0 cm³/mol. The average Bonchev–Trinajstić information content (AvgIpc) is 2.40. The molecule has 0 aromatic carbocycles. The summed E-state index contributed by atoms with van der Waals surface area (Å²) in [5.74, 6) is 0.919. The Morgan fingerprint density at radius 1 is 1.45 bits per heavy atom. The SMILES string of the molecule is CCCNc1cc([N+](=O)[O-])cc(NC2(CO)CCC2)n1. The highest BCUT2D eigenvalue weighted by atomic mass is 16.6. The van der Waals surface area contributed by atoms with Gasteiger partial charge in [0.25, 0.3) is 5.69 Å². The fourth-order valence-electron chi connectivity index (χ4n) is 2.23. The highest BCUT2D eigenvalue weighted by Gasteiger charge is 2.36. The van der Waals surface area contributed by atoms with Crippen LogP contribution in [0.5, 0.6) is 0 Å². The van der Waals surface area contributed by atoms with Gasteiger partial charge in [0.2, 0.25) is 0 Å². The standard InChI is InChI=1S/C13H20N4O3/c1-2-6-14-11-7-10(17(19)20)8-12(15-11)16-13(9-18)4-3-5-13/h7-8,18H,2-6,9H2,1H3,(H2,14,15,16). The minimum atomic E-state index is -0.434. The van der Waals surface area contributed by atoms with Gasteiger partial charge in [-0.3, -0.25) is 10.1 Å². The van der Waals surface area contributed by atoms with Crippen molar-refractivity contribution < 1.29 is 10.0 Å². The van der Waals surface area contributed by atoms with E-state index in [9.17, 15) is 15.2 Å². The van der Waals surface area contributed by atoms with Crippen LogP contribution in [0, 0.1) is 10.1 Å². The van der Waals surface area contributed by atoms with Gasteiger partial charge in [-0.2, -0.15) is 0 Å². The van der Waals surface area contributed by atoms with Crippen LogP contribution in [-0.4, -0.2) is 33.7 Å². The quantitative estimate of drug-likeness (QED) is 0.522. The first kappa shape index (κ1) is 14.5. The molecule has 2 rings (SSSR count). The number of rotatable bonds is 7. The number of aliphatic hydroxyl groups is 1. The van der Waals surface area contributed by atoms with Gasteiger partial charge in [-0.05, 0) is 25.7 Å². The molecule has 7 heteroatoms. The van der Waals surface area contributed by atoms with Gasteiger partial charge in [-0.25, -0.2) is 4.98 Å². The van der Waals surface area contributed by atoms with E-state index < -0.39 is 4.92 Å². The number of aromatic nitrogens is 1. The maximum Gasteiger partial charge on any atom is 0.276 e. The Morgan fingerprint density at radius 3 is 2.65 bits per heavy atom. The molecular formula is C13H20N4O3. The molecule has 0 amide bonds. The Hall–Kier alpha value is -1.89. The molecule has 1 saturated carbocycles. The molecule has 7 nitrogen and oxygen atoms in total. The van der Waals surface area contributed by atoms with E-state index in [1.807, 2.05) is 6.92 Å². The largest absolute Gasteiger partial charge is 0.394 e. The molecule has 0 aliphatic heterocycles. The number of hydrogen-bond acceptors (Lipinski definition) is 6. The first-order chi connectivity index (χ1) is 9.58. The van der Waals surface area contributed by atoms with Crippen LogP contribution < -0.4 is 10.6 Å². The summed E-state index contributed by atoms with van der Waals surface area (Å²) in [4.78, 5) is 14.9. The van der Waals surface area contributed by atoms with Gasteiger partial charge >= 0.3 is 0 Å². The highest BCUT2D eigenvalue weighted by Crippen LogP contribution is 2.35. The van der Waals surface area contributed by atoms with Gasteiger partial charge < -0.3 is 15.7 Å². The zero-order chi connectivity index (χ0) is 14.6. The lowest BCUT2D eigenvalue weighted by Gasteiger charge is -2.41. The van der Waals surface area contributed by atoms with Crippen LogP contribution in [0.25, 0.3) is 0 Å². The molecule has 1 aliphatic carbocycles. The number of nitrogens with one attached hydrogen (secondary N) is 2. The summed E-state index contributed by atoms with van der Waals surface area (Å²) in [5.41, 5.74) is -0.377. The van der Waals surface area contributed by atoms with Gasteiger partial charge in [0.15, 0.2) is 0 Å². The molecule has 1 aromatic heterocycles. The number of anilines is 2. The molecule has 0 spiro atoms. The van der Waals surface area contributed by atoms with Gasteiger partial charge in [-0.15, -0.1) is 0 Å². The van der Waals surface area contributed by atoms with Crippen LogP contribution in [0.2, 0.25) is 0 Å². The molecule has 1 heterocycles. The molecule has 0 atom stereocenters. The molecule has 0 bridgehead atoms. The lowest BCUT2D eigenvalue weighted by atomic mass is 9.77. The van der Waals surface area contributed by atoms with Crippen molar-refractivity contribution in [3.05, 3.63) is 22.2 Å². The first-order valence-electron chi connectivity index (χ1n) is 6.88. The summed E-state index contributed by atoms with van der Waals surface area (Å²) < 4.78 is 0. The van der Waals surface area contributed by atoms with Gasteiger partial charge in [0, 0.05) is 6.54 Å². The van der Waals surface area contributed by atoms with Crippen molar-refractivity contribution in [2.24, 2.45) is 0 Å². The number of pyridine rings is 1. The first-order valence-corrected chi connectivity index (χ1v) is 6.88. The minimum Gasteiger partial charge on any atom is -0.394 e. The predicted octanol–water partition coefficient (Wildman–Crippen LogP) is 2.14. The van der Waals surface area contributed by atoms with Crippen LogP contribution in [0.4, 0.5) is 17.3 Å². The van der Waals surface area contributed by atoms with E-state index in [4.69, 9.17) is 0 Å². The Bertz CT molecular complexity index is 483. The molecule has 0 saturated heterocycles. The second-order valence-corrected chi connectivity index (χ2v) is 5.20. The Balaban J connectivity index is 2.22. The van der Waals surface area contributed by atoms with Crippen molar-refractivity contribution in [3.63, 3.8) is 0 Å². The van der Waals surface area contributed by atoms with Crippen molar-refractivity contribution in [3.8, 4) is 0 Å². The molecule has 1 aliphatic rings. The van der Waals surface area contributed by atoms with E-state index in [1.165, 1.54) is 12.1 Å². The summed E-state index contributed by atoms with van der Waals surface area (Å²) in [5, 5.41) is 26.6. The molecule has 0 radical (unpaired) electrons.